The molecule has 0 rings (SSSR count). The molecular formula is C23H52ClNO3Si. The predicted molar refractivity (Wildman–Crippen MR) is 130 cm³/mol. The van der Waals surface area contributed by atoms with Gasteiger partial charge in [0.2, 0.25) is 0 Å². The maximum atomic E-state index is 6.69. The van der Waals surface area contributed by atoms with E-state index in [-0.39, 0.29) is 11.0 Å². The number of halogens is 1. The van der Waals surface area contributed by atoms with Crippen LogP contribution in [0.5, 0.6) is 0 Å². The zero-order valence-corrected chi connectivity index (χ0v) is 22.2. The van der Waals surface area contributed by atoms with E-state index in [0.29, 0.717) is 5.92 Å². The molecule has 6 heteroatoms. The smallest absolute Gasteiger partial charge is 0.377 e. The van der Waals surface area contributed by atoms with Crippen molar-refractivity contribution >= 4 is 20.4 Å². The molecule has 0 aromatic heterocycles. The molecule has 0 aliphatic rings. The molecule has 0 amide bonds. The Morgan fingerprint density at radius 1 is 0.690 bits per heavy atom. The summed E-state index contributed by atoms with van der Waals surface area (Å²) in [5, 5.41) is 0. The van der Waals surface area contributed by atoms with E-state index in [1.54, 1.807) is 21.3 Å². The maximum absolute atomic E-state index is 6.69. The van der Waals surface area contributed by atoms with Gasteiger partial charge in [-0.15, -0.1) is 11.6 Å². The van der Waals surface area contributed by atoms with Gasteiger partial charge in [-0.2, -0.15) is 0 Å². The molecular weight excluding hydrogens is 402 g/mol. The summed E-state index contributed by atoms with van der Waals surface area (Å²) in [5.41, 5.74) is 0. The van der Waals surface area contributed by atoms with Gasteiger partial charge < -0.3 is 19.4 Å². The molecule has 0 saturated carbocycles. The molecule has 3 N–H and O–H groups in total. The molecule has 4 nitrogen and oxygen atoms in total. The monoisotopic (exact) mass is 453 g/mol. The minimum atomic E-state index is -2.50. The quantitative estimate of drug-likeness (QED) is 0.115. The molecule has 178 valence electrons. The minimum absolute atomic E-state index is 0. The topological polar surface area (TPSA) is 62.7 Å². The summed E-state index contributed by atoms with van der Waals surface area (Å²) in [6, 6.07) is 0.829. The van der Waals surface area contributed by atoms with Crippen LogP contribution in [-0.2, 0) is 13.3 Å². The minimum Gasteiger partial charge on any atom is -0.377 e. The summed E-state index contributed by atoms with van der Waals surface area (Å²) in [6.45, 7) is 6.55. The first-order valence-corrected chi connectivity index (χ1v) is 14.0. The van der Waals surface area contributed by atoms with Crippen molar-refractivity contribution in [2.75, 3.05) is 21.3 Å². The Hall–Kier alpha value is 0.347. The second kappa shape index (κ2) is 19.1. The van der Waals surface area contributed by atoms with Crippen LogP contribution in [0.3, 0.4) is 0 Å². The summed E-state index contributed by atoms with van der Waals surface area (Å²) < 4.78 is 16.7. The first-order chi connectivity index (χ1) is 13.3. The fraction of sp³-hybridized carbons (Fsp3) is 1.00. The lowest BCUT2D eigenvalue weighted by molar-refractivity contribution is 0.120. The highest BCUT2D eigenvalue weighted by Gasteiger charge is 2.39. The van der Waals surface area contributed by atoms with E-state index in [2.05, 4.69) is 20.8 Å². The average Bonchev–Trinajstić information content (AvgIpc) is 2.67. The molecule has 0 heterocycles. The van der Waals surface area contributed by atoms with Crippen molar-refractivity contribution in [1.29, 1.82) is 0 Å². The molecule has 0 aliphatic heterocycles. The van der Waals surface area contributed by atoms with Crippen LogP contribution in [0.1, 0.15) is 111 Å². The Morgan fingerprint density at radius 2 is 1.07 bits per heavy atom. The number of hydrogen-bond acceptors (Lipinski definition) is 4. The first-order valence-electron chi connectivity index (χ1n) is 11.7. The fourth-order valence-corrected chi connectivity index (χ4v) is 6.00. The van der Waals surface area contributed by atoms with Crippen molar-refractivity contribution < 1.29 is 13.3 Å². The highest BCUT2D eigenvalue weighted by molar-refractivity contribution is 6.60. The molecule has 1 atom stereocenters. The Bertz CT molecular complexity index is 341. The summed E-state index contributed by atoms with van der Waals surface area (Å²) in [5.74, 6) is 0.463. The van der Waals surface area contributed by atoms with Crippen LogP contribution in [0.25, 0.3) is 0 Å². The zero-order chi connectivity index (χ0) is 21.3. The third kappa shape index (κ3) is 15.7. The summed E-state index contributed by atoms with van der Waals surface area (Å²) >= 11 is 6.69. The van der Waals surface area contributed by atoms with Gasteiger partial charge in [0.05, 0.1) is 0 Å². The van der Waals surface area contributed by atoms with Gasteiger partial charge in [-0.1, -0.05) is 84.0 Å². The highest BCUT2D eigenvalue weighted by Crippen LogP contribution is 2.35. The molecule has 0 aliphatic carbocycles. The third-order valence-electron chi connectivity index (χ3n) is 6.11. The lowest BCUT2D eigenvalue weighted by atomic mass is 9.87. The second-order valence-electron chi connectivity index (χ2n) is 8.77. The fourth-order valence-electron chi connectivity index (χ4n) is 3.97. The van der Waals surface area contributed by atoms with E-state index in [4.69, 9.17) is 24.9 Å². The largest absolute Gasteiger partial charge is 0.500 e. The lowest BCUT2D eigenvalue weighted by Gasteiger charge is -2.32. The van der Waals surface area contributed by atoms with Crippen molar-refractivity contribution in [1.82, 2.24) is 6.15 Å². The first kappa shape index (κ1) is 31.5. The standard InChI is InChI=1S/C23H49ClO3Si.H3N/c1-7-8-9-10-11-12-13-14-15-16-17-18-19-22(23(2,3)24)20-21-28(25-4,26-5)27-6;/h22H,7-21H2,1-6H3;1H3. The maximum Gasteiger partial charge on any atom is 0.500 e. The van der Waals surface area contributed by atoms with E-state index in [1.165, 1.54) is 83.5 Å². The normalized spacial score (nSPS) is 13.3. The summed E-state index contributed by atoms with van der Waals surface area (Å²) in [4.78, 5) is -0.201. The Kier molecular flexibility index (Phi) is 20.7. The molecule has 29 heavy (non-hydrogen) atoms. The van der Waals surface area contributed by atoms with Gasteiger partial charge in [-0.05, 0) is 32.6 Å². The number of hydrogen-bond donors (Lipinski definition) is 1. The summed E-state index contributed by atoms with van der Waals surface area (Å²) in [7, 11) is 2.56. The molecule has 1 unspecified atom stereocenters. The van der Waals surface area contributed by atoms with Crippen LogP contribution in [0.15, 0.2) is 0 Å². The SMILES string of the molecule is CCCCCCCCCCCCCCC(CC[Si](OC)(OC)OC)C(C)(C)Cl.N. The van der Waals surface area contributed by atoms with Crippen molar-refractivity contribution in [3.8, 4) is 0 Å². The van der Waals surface area contributed by atoms with Crippen molar-refractivity contribution in [3.05, 3.63) is 0 Å². The van der Waals surface area contributed by atoms with Crippen LogP contribution in [0.4, 0.5) is 0 Å². The summed E-state index contributed by atoms with van der Waals surface area (Å²) in [6.07, 6.45) is 18.8. The zero-order valence-electron chi connectivity index (χ0n) is 20.5. The molecule has 0 aromatic rings. The van der Waals surface area contributed by atoms with Gasteiger partial charge in [0.25, 0.3) is 0 Å². The van der Waals surface area contributed by atoms with Gasteiger partial charge in [0.15, 0.2) is 0 Å². The van der Waals surface area contributed by atoms with Gasteiger partial charge in [0.1, 0.15) is 0 Å². The third-order valence-corrected chi connectivity index (χ3v) is 9.18. The van der Waals surface area contributed by atoms with Gasteiger partial charge in [0, 0.05) is 32.2 Å². The van der Waals surface area contributed by atoms with Crippen LogP contribution in [0.2, 0.25) is 6.04 Å². The Labute approximate surface area is 188 Å². The van der Waals surface area contributed by atoms with E-state index in [1.807, 2.05) is 0 Å². The predicted octanol–water partition coefficient (Wildman–Crippen LogP) is 8.14. The molecule has 0 bridgehead atoms. The highest BCUT2D eigenvalue weighted by atomic mass is 35.5. The van der Waals surface area contributed by atoms with Crippen LogP contribution in [0, 0.1) is 5.92 Å². The molecule has 0 fully saturated rings. The van der Waals surface area contributed by atoms with Crippen LogP contribution in [-0.4, -0.2) is 35.0 Å². The van der Waals surface area contributed by atoms with E-state index >= 15 is 0 Å². The van der Waals surface area contributed by atoms with Gasteiger partial charge >= 0.3 is 8.80 Å². The average molecular weight is 454 g/mol. The Morgan fingerprint density at radius 3 is 1.41 bits per heavy atom. The van der Waals surface area contributed by atoms with Gasteiger partial charge in [-0.3, -0.25) is 0 Å². The van der Waals surface area contributed by atoms with Crippen molar-refractivity contribution in [3.63, 3.8) is 0 Å². The molecule has 0 saturated heterocycles. The van der Waals surface area contributed by atoms with E-state index < -0.39 is 8.80 Å². The Balaban J connectivity index is 0. The molecule has 0 radical (unpaired) electrons. The number of rotatable bonds is 20. The van der Waals surface area contributed by atoms with Gasteiger partial charge in [-0.25, -0.2) is 0 Å². The number of unbranched alkanes of at least 4 members (excludes halogenated alkanes) is 11. The molecule has 0 spiro atoms. The van der Waals surface area contributed by atoms with Crippen molar-refractivity contribution in [2.45, 2.75) is 122 Å². The van der Waals surface area contributed by atoms with Crippen LogP contribution >= 0.6 is 11.6 Å². The van der Waals surface area contributed by atoms with E-state index in [9.17, 15) is 0 Å². The molecule has 0 aromatic carbocycles. The van der Waals surface area contributed by atoms with Crippen LogP contribution < -0.4 is 6.15 Å². The van der Waals surface area contributed by atoms with Crippen molar-refractivity contribution in [2.24, 2.45) is 5.92 Å². The van der Waals surface area contributed by atoms with E-state index in [0.717, 1.165) is 12.5 Å². The number of alkyl halides is 1. The second-order valence-corrected chi connectivity index (χ2v) is 12.8. The lowest BCUT2D eigenvalue weighted by Crippen LogP contribution is -2.43.